The van der Waals surface area contributed by atoms with Gasteiger partial charge in [-0.25, -0.2) is 0 Å². The molecular weight excluding hydrogens is 176 g/mol. The number of hydrogen-bond donors (Lipinski definition) is 1. The second kappa shape index (κ2) is 4.51. The fourth-order valence-corrected chi connectivity index (χ4v) is 1.05. The van der Waals surface area contributed by atoms with Crippen molar-refractivity contribution in [3.05, 3.63) is 0 Å². The Bertz CT molecular complexity index is 275. The Labute approximate surface area is 82.6 Å². The van der Waals surface area contributed by atoms with Crippen LogP contribution in [0, 0.1) is 23.3 Å². The zero-order chi connectivity index (χ0) is 10.5. The van der Waals surface area contributed by atoms with Crippen molar-refractivity contribution in [2.24, 2.45) is 0 Å². The van der Waals surface area contributed by atoms with Crippen molar-refractivity contribution in [1.29, 1.82) is 0 Å². The van der Waals surface area contributed by atoms with Crippen molar-refractivity contribution in [3.63, 3.8) is 0 Å². The highest BCUT2D eigenvalue weighted by molar-refractivity contribution is 6.85. The van der Waals surface area contributed by atoms with Crippen LogP contribution in [0.3, 0.4) is 0 Å². The molecule has 0 aliphatic rings. The lowest BCUT2D eigenvalue weighted by Gasteiger charge is -2.08. The molecule has 0 aromatic heterocycles. The van der Waals surface area contributed by atoms with Gasteiger partial charge in [-0.05, 0) is 31.7 Å². The van der Waals surface area contributed by atoms with Gasteiger partial charge in [-0.3, -0.25) is 0 Å². The minimum Gasteiger partial charge on any atom is -0.378 e. The molecule has 13 heavy (non-hydrogen) atoms. The van der Waals surface area contributed by atoms with Crippen LogP contribution in [0.25, 0.3) is 0 Å². The molecule has 0 saturated carbocycles. The Morgan fingerprint density at radius 2 is 1.77 bits per heavy atom. The molecule has 0 saturated heterocycles. The second-order valence-corrected chi connectivity index (χ2v) is 9.02. The SMILES string of the molecule is CC[Si](C)(C)C#CC#CC(C)(C)O. The van der Waals surface area contributed by atoms with Gasteiger partial charge < -0.3 is 5.11 Å². The summed E-state index contributed by atoms with van der Waals surface area (Å²) in [5.74, 6) is 8.19. The molecule has 0 unspecified atom stereocenters. The molecular formula is C11H18OSi. The molecule has 0 amide bonds. The van der Waals surface area contributed by atoms with Crippen LogP contribution in [0.2, 0.25) is 19.1 Å². The molecule has 72 valence electrons. The average Bonchev–Trinajstić information content (AvgIpc) is 1.97. The highest BCUT2D eigenvalue weighted by Gasteiger charge is 2.13. The number of aliphatic hydroxyl groups is 1. The smallest absolute Gasteiger partial charge is 0.133 e. The van der Waals surface area contributed by atoms with Gasteiger partial charge in [0.2, 0.25) is 0 Å². The molecule has 0 aliphatic carbocycles. The normalized spacial score (nSPS) is 10.9. The van der Waals surface area contributed by atoms with Gasteiger partial charge in [0, 0.05) is 0 Å². The quantitative estimate of drug-likeness (QED) is 0.500. The first-order valence-electron chi connectivity index (χ1n) is 4.53. The van der Waals surface area contributed by atoms with Crippen LogP contribution < -0.4 is 0 Å². The third-order valence-electron chi connectivity index (χ3n) is 1.72. The maximum Gasteiger partial charge on any atom is 0.133 e. The highest BCUT2D eigenvalue weighted by atomic mass is 28.3. The van der Waals surface area contributed by atoms with Crippen molar-refractivity contribution < 1.29 is 5.11 Å². The van der Waals surface area contributed by atoms with E-state index in [1.165, 1.54) is 0 Å². The molecule has 0 heterocycles. The molecule has 0 atom stereocenters. The summed E-state index contributed by atoms with van der Waals surface area (Å²) >= 11 is 0. The van der Waals surface area contributed by atoms with E-state index in [-0.39, 0.29) is 0 Å². The van der Waals surface area contributed by atoms with Crippen LogP contribution in [-0.4, -0.2) is 18.8 Å². The lowest BCUT2D eigenvalue weighted by atomic mass is 10.1. The van der Waals surface area contributed by atoms with Gasteiger partial charge in [0.05, 0.1) is 0 Å². The summed E-state index contributed by atoms with van der Waals surface area (Å²) in [7, 11) is -1.32. The maximum absolute atomic E-state index is 9.27. The zero-order valence-electron chi connectivity index (χ0n) is 9.15. The first-order chi connectivity index (χ1) is 5.77. The summed E-state index contributed by atoms with van der Waals surface area (Å²) in [6, 6.07) is 1.14. The molecule has 0 radical (unpaired) electrons. The molecule has 1 nitrogen and oxygen atoms in total. The Kier molecular flexibility index (Phi) is 4.27. The van der Waals surface area contributed by atoms with Crippen LogP contribution in [0.15, 0.2) is 0 Å². The predicted octanol–water partition coefficient (Wildman–Crippen LogP) is 2.03. The largest absolute Gasteiger partial charge is 0.378 e. The van der Waals surface area contributed by atoms with Gasteiger partial charge in [-0.15, -0.1) is 5.54 Å². The van der Waals surface area contributed by atoms with Gasteiger partial charge in [-0.2, -0.15) is 0 Å². The van der Waals surface area contributed by atoms with Crippen LogP contribution in [0.1, 0.15) is 20.8 Å². The molecule has 0 rings (SSSR count). The summed E-state index contributed by atoms with van der Waals surface area (Å²) < 4.78 is 0. The molecule has 0 aromatic carbocycles. The van der Waals surface area contributed by atoms with Crippen molar-refractivity contribution in [2.75, 3.05) is 0 Å². The first-order valence-corrected chi connectivity index (χ1v) is 7.74. The Morgan fingerprint density at radius 1 is 1.23 bits per heavy atom. The molecule has 2 heteroatoms. The third-order valence-corrected chi connectivity index (χ3v) is 4.29. The zero-order valence-corrected chi connectivity index (χ0v) is 10.2. The molecule has 0 aromatic rings. The monoisotopic (exact) mass is 194 g/mol. The Balaban J connectivity index is 4.36. The van der Waals surface area contributed by atoms with E-state index < -0.39 is 13.7 Å². The fraction of sp³-hybridized carbons (Fsp3) is 0.636. The molecule has 0 spiro atoms. The number of rotatable bonds is 1. The summed E-state index contributed by atoms with van der Waals surface area (Å²) in [6.45, 7) is 9.90. The van der Waals surface area contributed by atoms with Crippen LogP contribution in [0.4, 0.5) is 0 Å². The standard InChI is InChI=1S/C11H18OSi/c1-6-13(4,5)10-8-7-9-11(2,3)12/h12H,6H2,1-5H3. The van der Waals surface area contributed by atoms with Crippen molar-refractivity contribution >= 4 is 8.07 Å². The summed E-state index contributed by atoms with van der Waals surface area (Å²) in [4.78, 5) is 0. The maximum atomic E-state index is 9.27. The van der Waals surface area contributed by atoms with E-state index in [4.69, 9.17) is 0 Å². The topological polar surface area (TPSA) is 20.2 Å². The summed E-state index contributed by atoms with van der Waals surface area (Å²) in [5.41, 5.74) is 2.26. The lowest BCUT2D eigenvalue weighted by Crippen LogP contribution is -2.21. The van der Waals surface area contributed by atoms with Crippen LogP contribution >= 0.6 is 0 Å². The van der Waals surface area contributed by atoms with E-state index in [1.807, 2.05) is 0 Å². The van der Waals surface area contributed by atoms with Crippen molar-refractivity contribution in [1.82, 2.24) is 0 Å². The average molecular weight is 194 g/mol. The highest BCUT2D eigenvalue weighted by Crippen LogP contribution is 2.05. The van der Waals surface area contributed by atoms with E-state index in [2.05, 4.69) is 43.3 Å². The minimum atomic E-state index is -1.32. The number of hydrogen-bond acceptors (Lipinski definition) is 1. The Hall–Kier alpha value is -0.703. The minimum absolute atomic E-state index is 0.924. The molecule has 0 aliphatic heterocycles. The van der Waals surface area contributed by atoms with E-state index in [0.29, 0.717) is 0 Å². The fourth-order valence-electron chi connectivity index (χ4n) is 0.473. The van der Waals surface area contributed by atoms with Gasteiger partial charge >= 0.3 is 0 Å². The van der Waals surface area contributed by atoms with Crippen LogP contribution in [0.5, 0.6) is 0 Å². The van der Waals surface area contributed by atoms with E-state index in [9.17, 15) is 5.11 Å². The lowest BCUT2D eigenvalue weighted by molar-refractivity contribution is 0.143. The van der Waals surface area contributed by atoms with E-state index >= 15 is 0 Å². The summed E-state index contributed by atoms with van der Waals surface area (Å²) in [5, 5.41) is 9.27. The molecule has 0 fully saturated rings. The van der Waals surface area contributed by atoms with Crippen LogP contribution in [-0.2, 0) is 0 Å². The van der Waals surface area contributed by atoms with E-state index in [1.54, 1.807) is 13.8 Å². The summed E-state index contributed by atoms with van der Waals surface area (Å²) in [6.07, 6.45) is 0. The van der Waals surface area contributed by atoms with Crippen molar-refractivity contribution in [2.45, 2.75) is 45.5 Å². The second-order valence-electron chi connectivity index (χ2n) is 4.30. The molecule has 1 N–H and O–H groups in total. The first kappa shape index (κ1) is 12.3. The van der Waals surface area contributed by atoms with Gasteiger partial charge in [-0.1, -0.05) is 25.9 Å². The van der Waals surface area contributed by atoms with Gasteiger partial charge in [0.25, 0.3) is 0 Å². The predicted molar refractivity (Wildman–Crippen MR) is 59.8 cm³/mol. The van der Waals surface area contributed by atoms with Gasteiger partial charge in [0.1, 0.15) is 13.7 Å². The third kappa shape index (κ3) is 7.65. The Morgan fingerprint density at radius 3 is 2.15 bits per heavy atom. The van der Waals surface area contributed by atoms with Gasteiger partial charge in [0.15, 0.2) is 0 Å². The van der Waals surface area contributed by atoms with E-state index in [0.717, 1.165) is 6.04 Å². The molecule has 0 bridgehead atoms. The van der Waals surface area contributed by atoms with Crippen molar-refractivity contribution in [3.8, 4) is 23.3 Å².